The first-order valence-electron chi connectivity index (χ1n) is 9.45. The van der Waals surface area contributed by atoms with E-state index in [0.717, 1.165) is 22.9 Å². The van der Waals surface area contributed by atoms with E-state index in [1.54, 1.807) is 17.3 Å². The summed E-state index contributed by atoms with van der Waals surface area (Å²) in [7, 11) is 0. The van der Waals surface area contributed by atoms with Gasteiger partial charge in [-0.05, 0) is 17.7 Å². The highest BCUT2D eigenvalue weighted by molar-refractivity contribution is 5.89. The Balaban J connectivity index is 1.40. The molecule has 0 N–H and O–H groups in total. The van der Waals surface area contributed by atoms with Gasteiger partial charge in [0.1, 0.15) is 11.5 Å². The molecule has 0 spiro atoms. The van der Waals surface area contributed by atoms with Crippen LogP contribution in [0.15, 0.2) is 28.9 Å². The minimum Gasteiger partial charge on any atom is -0.445 e. The van der Waals surface area contributed by atoms with E-state index in [2.05, 4.69) is 9.97 Å². The molecule has 142 valence electrons. The largest absolute Gasteiger partial charge is 0.445 e. The molecule has 2 aromatic rings. The van der Waals surface area contributed by atoms with Gasteiger partial charge >= 0.3 is 0 Å². The average molecular weight is 368 g/mol. The number of likely N-dealkylation sites (tertiary alicyclic amines) is 1. The number of fused-ring (bicyclic) bond motifs is 1. The highest BCUT2D eigenvalue weighted by Crippen LogP contribution is 2.27. The summed E-state index contributed by atoms with van der Waals surface area (Å²) in [4.78, 5) is 37.5. The Hall–Kier alpha value is -2.70. The van der Waals surface area contributed by atoms with Crippen LogP contribution >= 0.6 is 0 Å². The highest BCUT2D eigenvalue weighted by Gasteiger charge is 2.38. The van der Waals surface area contributed by atoms with E-state index in [9.17, 15) is 9.59 Å². The van der Waals surface area contributed by atoms with Crippen molar-refractivity contribution < 1.29 is 14.0 Å². The molecule has 4 heterocycles. The van der Waals surface area contributed by atoms with E-state index in [-0.39, 0.29) is 30.1 Å². The zero-order chi connectivity index (χ0) is 19.0. The molecule has 7 nitrogen and oxygen atoms in total. The molecule has 0 aliphatic carbocycles. The predicted molar refractivity (Wildman–Crippen MR) is 97.5 cm³/mol. The minimum absolute atomic E-state index is 0.0337. The second-order valence-corrected chi connectivity index (χ2v) is 7.62. The topological polar surface area (TPSA) is 79.5 Å². The number of nitrogens with zero attached hydrogens (tertiary/aromatic N) is 4. The molecular formula is C20H24N4O3. The molecule has 2 aliphatic rings. The van der Waals surface area contributed by atoms with Gasteiger partial charge in [-0.3, -0.25) is 14.6 Å². The lowest BCUT2D eigenvalue weighted by atomic mass is 10.0. The zero-order valence-electron chi connectivity index (χ0n) is 15.7. The fraction of sp³-hybridized carbons (Fsp3) is 0.500. The summed E-state index contributed by atoms with van der Waals surface area (Å²) in [5.74, 6) is 1.65. The Labute approximate surface area is 158 Å². The van der Waals surface area contributed by atoms with Gasteiger partial charge in [-0.1, -0.05) is 13.8 Å². The number of carbonyl (C=O) groups is 2. The van der Waals surface area contributed by atoms with Crippen molar-refractivity contribution in [3.63, 3.8) is 0 Å². The number of hydrogen-bond donors (Lipinski definition) is 0. The third-order valence-corrected chi connectivity index (χ3v) is 5.24. The maximum atomic E-state index is 13.0. The SMILES string of the molecule is CC(C)c1nc2c(o1)CCN(C(=O)C1CC(=O)N(Cc3ccncc3)C1)C2. The van der Waals surface area contributed by atoms with Crippen LogP contribution < -0.4 is 0 Å². The van der Waals surface area contributed by atoms with Crippen molar-refractivity contribution in [1.82, 2.24) is 19.8 Å². The van der Waals surface area contributed by atoms with Crippen LogP contribution in [0.5, 0.6) is 0 Å². The second-order valence-electron chi connectivity index (χ2n) is 7.62. The highest BCUT2D eigenvalue weighted by atomic mass is 16.4. The van der Waals surface area contributed by atoms with Gasteiger partial charge in [0.2, 0.25) is 11.8 Å². The molecule has 0 aromatic carbocycles. The summed E-state index contributed by atoms with van der Waals surface area (Å²) < 4.78 is 5.81. The summed E-state index contributed by atoms with van der Waals surface area (Å²) >= 11 is 0. The Bertz CT molecular complexity index is 846. The molecule has 2 aromatic heterocycles. The maximum absolute atomic E-state index is 13.0. The van der Waals surface area contributed by atoms with Crippen LogP contribution in [0.2, 0.25) is 0 Å². The van der Waals surface area contributed by atoms with Crippen molar-refractivity contribution in [3.05, 3.63) is 47.4 Å². The third-order valence-electron chi connectivity index (χ3n) is 5.24. The maximum Gasteiger partial charge on any atom is 0.228 e. The molecule has 2 aliphatic heterocycles. The fourth-order valence-electron chi connectivity index (χ4n) is 3.71. The van der Waals surface area contributed by atoms with Crippen LogP contribution in [0.3, 0.4) is 0 Å². The first-order chi connectivity index (χ1) is 13.0. The van der Waals surface area contributed by atoms with Crippen molar-refractivity contribution >= 4 is 11.8 Å². The van der Waals surface area contributed by atoms with Gasteiger partial charge < -0.3 is 14.2 Å². The van der Waals surface area contributed by atoms with Crippen molar-refractivity contribution in [2.24, 2.45) is 5.92 Å². The van der Waals surface area contributed by atoms with Gasteiger partial charge in [-0.15, -0.1) is 0 Å². The van der Waals surface area contributed by atoms with Crippen LogP contribution in [-0.2, 0) is 29.1 Å². The monoisotopic (exact) mass is 368 g/mol. The number of hydrogen-bond acceptors (Lipinski definition) is 5. The lowest BCUT2D eigenvalue weighted by Crippen LogP contribution is -2.40. The predicted octanol–water partition coefficient (Wildman–Crippen LogP) is 2.13. The Morgan fingerprint density at radius 3 is 2.85 bits per heavy atom. The first kappa shape index (κ1) is 17.7. The molecule has 0 saturated carbocycles. The van der Waals surface area contributed by atoms with Gasteiger partial charge in [0.25, 0.3) is 0 Å². The van der Waals surface area contributed by atoms with Crippen LogP contribution in [0.4, 0.5) is 0 Å². The lowest BCUT2D eigenvalue weighted by molar-refractivity contribution is -0.136. The summed E-state index contributed by atoms with van der Waals surface area (Å²) in [6, 6.07) is 3.79. The molecule has 1 unspecified atom stereocenters. The van der Waals surface area contributed by atoms with Gasteiger partial charge in [-0.2, -0.15) is 0 Å². The Morgan fingerprint density at radius 2 is 2.11 bits per heavy atom. The smallest absolute Gasteiger partial charge is 0.228 e. The van der Waals surface area contributed by atoms with E-state index >= 15 is 0 Å². The normalized spacial score (nSPS) is 19.7. The van der Waals surface area contributed by atoms with Crippen molar-refractivity contribution in [2.45, 2.75) is 45.7 Å². The van der Waals surface area contributed by atoms with Crippen LogP contribution in [0.25, 0.3) is 0 Å². The number of oxazole rings is 1. The summed E-state index contributed by atoms with van der Waals surface area (Å²) in [5, 5.41) is 0. The van der Waals surface area contributed by atoms with Crippen LogP contribution in [-0.4, -0.2) is 44.7 Å². The van der Waals surface area contributed by atoms with Crippen LogP contribution in [0.1, 0.15) is 49.1 Å². The fourth-order valence-corrected chi connectivity index (χ4v) is 3.71. The number of aromatic nitrogens is 2. The van der Waals surface area contributed by atoms with Gasteiger partial charge in [0.05, 0.1) is 12.5 Å². The molecule has 2 amide bonds. The van der Waals surface area contributed by atoms with E-state index in [1.807, 2.05) is 30.9 Å². The van der Waals surface area contributed by atoms with Gasteiger partial charge in [0.15, 0.2) is 5.89 Å². The molecule has 0 radical (unpaired) electrons. The van der Waals surface area contributed by atoms with Crippen molar-refractivity contribution in [1.29, 1.82) is 0 Å². The van der Waals surface area contributed by atoms with Gasteiger partial charge in [0, 0.05) is 50.8 Å². The molecule has 4 rings (SSSR count). The Morgan fingerprint density at radius 1 is 1.33 bits per heavy atom. The van der Waals surface area contributed by atoms with E-state index in [4.69, 9.17) is 4.42 Å². The number of carbonyl (C=O) groups excluding carboxylic acids is 2. The summed E-state index contributed by atoms with van der Waals surface area (Å²) in [6.07, 6.45) is 4.39. The number of amides is 2. The molecule has 1 fully saturated rings. The number of rotatable bonds is 4. The minimum atomic E-state index is -0.280. The Kier molecular flexibility index (Phi) is 4.68. The number of pyridine rings is 1. The van der Waals surface area contributed by atoms with Crippen LogP contribution in [0, 0.1) is 5.92 Å². The van der Waals surface area contributed by atoms with Gasteiger partial charge in [-0.25, -0.2) is 4.98 Å². The molecular weight excluding hydrogens is 344 g/mol. The summed E-state index contributed by atoms with van der Waals surface area (Å²) in [5.41, 5.74) is 1.88. The lowest BCUT2D eigenvalue weighted by Gasteiger charge is -2.27. The third kappa shape index (κ3) is 3.59. The zero-order valence-corrected chi connectivity index (χ0v) is 15.7. The first-order valence-corrected chi connectivity index (χ1v) is 9.45. The molecule has 7 heteroatoms. The summed E-state index contributed by atoms with van der Waals surface area (Å²) in [6.45, 7) is 6.17. The second kappa shape index (κ2) is 7.13. The average Bonchev–Trinajstić information content (AvgIpc) is 3.25. The van der Waals surface area contributed by atoms with E-state index < -0.39 is 0 Å². The van der Waals surface area contributed by atoms with E-state index in [1.165, 1.54) is 0 Å². The van der Waals surface area contributed by atoms with Crippen molar-refractivity contribution in [2.75, 3.05) is 13.1 Å². The van der Waals surface area contributed by atoms with Crippen molar-refractivity contribution in [3.8, 4) is 0 Å². The molecule has 27 heavy (non-hydrogen) atoms. The van der Waals surface area contributed by atoms with E-state index in [0.29, 0.717) is 32.6 Å². The standard InChI is InChI=1S/C20H24N4O3/c1-13(2)19-22-16-12-23(8-5-17(16)27-19)20(26)15-9-18(25)24(11-15)10-14-3-6-21-7-4-14/h3-4,6-7,13,15H,5,8-12H2,1-2H3. The molecule has 1 saturated heterocycles. The quantitative estimate of drug-likeness (QED) is 0.826. The molecule has 0 bridgehead atoms. The molecule has 1 atom stereocenters.